The molecule has 0 spiro atoms. The van der Waals surface area contributed by atoms with Gasteiger partial charge < -0.3 is 24.6 Å². The van der Waals surface area contributed by atoms with Crippen molar-refractivity contribution in [1.82, 2.24) is 15.1 Å². The molecule has 2 rings (SSSR count). The SMILES string of the molecule is CCNC(=NCCN(C)CCOC)N1CCC(Oc2ccccc2)CC1.I. The van der Waals surface area contributed by atoms with E-state index in [0.29, 0.717) is 0 Å². The van der Waals surface area contributed by atoms with E-state index < -0.39 is 0 Å². The quantitative estimate of drug-likeness (QED) is 0.328. The van der Waals surface area contributed by atoms with Gasteiger partial charge in [0.2, 0.25) is 0 Å². The number of ether oxygens (including phenoxy) is 2. The smallest absolute Gasteiger partial charge is 0.193 e. The molecule has 0 saturated carbocycles. The number of rotatable bonds is 9. The van der Waals surface area contributed by atoms with Gasteiger partial charge in [0, 0.05) is 52.7 Å². The highest BCUT2D eigenvalue weighted by molar-refractivity contribution is 14.0. The number of likely N-dealkylation sites (N-methyl/N-ethyl adjacent to an activating group) is 1. The Balaban J connectivity index is 0.00000364. The number of halogens is 1. The second-order valence-electron chi connectivity index (χ2n) is 6.65. The molecule has 154 valence electrons. The molecule has 0 bridgehead atoms. The van der Waals surface area contributed by atoms with Gasteiger partial charge in [-0.1, -0.05) is 18.2 Å². The summed E-state index contributed by atoms with van der Waals surface area (Å²) in [6.07, 6.45) is 2.33. The Morgan fingerprint density at radius 1 is 1.22 bits per heavy atom. The van der Waals surface area contributed by atoms with E-state index in [0.717, 1.165) is 70.4 Å². The van der Waals surface area contributed by atoms with Gasteiger partial charge in [-0.3, -0.25) is 4.99 Å². The molecule has 0 amide bonds. The van der Waals surface area contributed by atoms with E-state index in [4.69, 9.17) is 14.5 Å². The number of methoxy groups -OCH3 is 1. The van der Waals surface area contributed by atoms with Crippen LogP contribution in [0.3, 0.4) is 0 Å². The van der Waals surface area contributed by atoms with E-state index in [2.05, 4.69) is 29.1 Å². The third kappa shape index (κ3) is 9.12. The van der Waals surface area contributed by atoms with E-state index in [-0.39, 0.29) is 30.1 Å². The molecular formula is C20H35IN4O2. The molecule has 1 saturated heterocycles. The van der Waals surface area contributed by atoms with Gasteiger partial charge in [0.1, 0.15) is 11.9 Å². The second kappa shape index (κ2) is 14.0. The number of likely N-dealkylation sites (tertiary alicyclic amines) is 1. The van der Waals surface area contributed by atoms with Crippen LogP contribution in [-0.4, -0.2) is 81.9 Å². The standard InChI is InChI=1S/C20H34N4O2.HI/c1-4-21-20(22-12-15-23(2)16-17-25-3)24-13-10-19(11-14-24)26-18-8-6-5-7-9-18;/h5-9,19H,4,10-17H2,1-3H3,(H,21,22);1H. The van der Waals surface area contributed by atoms with Crippen LogP contribution in [0.4, 0.5) is 0 Å². The highest BCUT2D eigenvalue weighted by Crippen LogP contribution is 2.18. The fraction of sp³-hybridized carbons (Fsp3) is 0.650. The normalized spacial score (nSPS) is 15.6. The van der Waals surface area contributed by atoms with Gasteiger partial charge in [-0.15, -0.1) is 24.0 Å². The summed E-state index contributed by atoms with van der Waals surface area (Å²) in [6.45, 7) is 8.38. The van der Waals surface area contributed by atoms with Gasteiger partial charge in [0.25, 0.3) is 0 Å². The first-order chi connectivity index (χ1) is 12.7. The van der Waals surface area contributed by atoms with Crippen molar-refractivity contribution < 1.29 is 9.47 Å². The molecule has 0 atom stereocenters. The van der Waals surface area contributed by atoms with Crippen LogP contribution >= 0.6 is 24.0 Å². The van der Waals surface area contributed by atoms with Crippen molar-refractivity contribution in [3.63, 3.8) is 0 Å². The molecule has 1 aromatic rings. The van der Waals surface area contributed by atoms with Gasteiger partial charge in [-0.25, -0.2) is 0 Å². The summed E-state index contributed by atoms with van der Waals surface area (Å²) in [5.41, 5.74) is 0. The Bertz CT molecular complexity index is 522. The fourth-order valence-electron chi connectivity index (χ4n) is 2.99. The molecule has 27 heavy (non-hydrogen) atoms. The van der Waals surface area contributed by atoms with Gasteiger partial charge >= 0.3 is 0 Å². The minimum atomic E-state index is 0. The molecule has 1 N–H and O–H groups in total. The predicted octanol–water partition coefficient (Wildman–Crippen LogP) is 2.69. The van der Waals surface area contributed by atoms with Crippen LogP contribution in [0.2, 0.25) is 0 Å². The van der Waals surface area contributed by atoms with Gasteiger partial charge in [0.05, 0.1) is 13.2 Å². The van der Waals surface area contributed by atoms with Crippen LogP contribution in [0.5, 0.6) is 5.75 Å². The minimum Gasteiger partial charge on any atom is -0.490 e. The van der Waals surface area contributed by atoms with E-state index in [1.807, 2.05) is 30.3 Å². The van der Waals surface area contributed by atoms with Crippen molar-refractivity contribution in [3.05, 3.63) is 30.3 Å². The molecule has 1 aromatic carbocycles. The third-order valence-corrected chi connectivity index (χ3v) is 4.54. The van der Waals surface area contributed by atoms with E-state index in [1.165, 1.54) is 0 Å². The lowest BCUT2D eigenvalue weighted by atomic mass is 10.1. The number of nitrogens with one attached hydrogen (secondary N) is 1. The molecule has 1 aliphatic rings. The largest absolute Gasteiger partial charge is 0.490 e. The highest BCUT2D eigenvalue weighted by Gasteiger charge is 2.22. The van der Waals surface area contributed by atoms with Crippen LogP contribution in [-0.2, 0) is 4.74 Å². The summed E-state index contributed by atoms with van der Waals surface area (Å²) in [4.78, 5) is 9.40. The van der Waals surface area contributed by atoms with Gasteiger partial charge in [0.15, 0.2) is 5.96 Å². The Kier molecular flexibility index (Phi) is 12.4. The molecule has 1 fully saturated rings. The molecule has 6 nitrogen and oxygen atoms in total. The molecular weight excluding hydrogens is 455 g/mol. The maximum atomic E-state index is 6.09. The zero-order valence-corrected chi connectivity index (χ0v) is 19.2. The molecule has 0 aliphatic carbocycles. The lowest BCUT2D eigenvalue weighted by Gasteiger charge is -2.34. The highest BCUT2D eigenvalue weighted by atomic mass is 127. The van der Waals surface area contributed by atoms with Crippen molar-refractivity contribution in [1.29, 1.82) is 0 Å². The van der Waals surface area contributed by atoms with Gasteiger partial charge in [-0.05, 0) is 26.1 Å². The van der Waals surface area contributed by atoms with Gasteiger partial charge in [-0.2, -0.15) is 0 Å². The van der Waals surface area contributed by atoms with Crippen molar-refractivity contribution in [2.75, 3.05) is 60.0 Å². The molecule has 0 radical (unpaired) electrons. The summed E-state index contributed by atoms with van der Waals surface area (Å²) in [5.74, 6) is 1.98. The topological polar surface area (TPSA) is 49.3 Å². The first kappa shape index (κ1) is 24.0. The first-order valence-corrected chi connectivity index (χ1v) is 9.65. The number of hydrogen-bond donors (Lipinski definition) is 1. The minimum absolute atomic E-state index is 0. The van der Waals surface area contributed by atoms with Crippen LogP contribution in [0.15, 0.2) is 35.3 Å². The molecule has 1 heterocycles. The Morgan fingerprint density at radius 3 is 2.56 bits per heavy atom. The number of benzene rings is 1. The van der Waals surface area contributed by atoms with Crippen LogP contribution in [0, 0.1) is 0 Å². The molecule has 7 heteroatoms. The fourth-order valence-corrected chi connectivity index (χ4v) is 2.99. The molecule has 1 aliphatic heterocycles. The summed E-state index contributed by atoms with van der Waals surface area (Å²) in [5, 5.41) is 3.43. The molecule has 0 unspecified atom stereocenters. The predicted molar refractivity (Wildman–Crippen MR) is 122 cm³/mol. The van der Waals surface area contributed by atoms with Crippen molar-refractivity contribution >= 4 is 29.9 Å². The van der Waals surface area contributed by atoms with E-state index in [1.54, 1.807) is 7.11 Å². The zero-order valence-electron chi connectivity index (χ0n) is 16.9. The summed E-state index contributed by atoms with van der Waals surface area (Å²) >= 11 is 0. The van der Waals surface area contributed by atoms with Crippen LogP contribution in [0.1, 0.15) is 19.8 Å². The summed E-state index contributed by atoms with van der Waals surface area (Å²) in [7, 11) is 3.84. The lowest BCUT2D eigenvalue weighted by molar-refractivity contribution is 0.129. The third-order valence-electron chi connectivity index (χ3n) is 4.54. The maximum Gasteiger partial charge on any atom is 0.193 e. The monoisotopic (exact) mass is 490 g/mol. The second-order valence-corrected chi connectivity index (χ2v) is 6.65. The van der Waals surface area contributed by atoms with Crippen LogP contribution in [0.25, 0.3) is 0 Å². The summed E-state index contributed by atoms with van der Waals surface area (Å²) < 4.78 is 11.2. The maximum absolute atomic E-state index is 6.09. The van der Waals surface area contributed by atoms with Crippen molar-refractivity contribution in [3.8, 4) is 5.75 Å². The number of guanidine groups is 1. The van der Waals surface area contributed by atoms with E-state index in [9.17, 15) is 0 Å². The number of piperidine rings is 1. The van der Waals surface area contributed by atoms with Crippen molar-refractivity contribution in [2.24, 2.45) is 4.99 Å². The zero-order chi connectivity index (χ0) is 18.6. The summed E-state index contributed by atoms with van der Waals surface area (Å²) in [6, 6.07) is 10.1. The van der Waals surface area contributed by atoms with Crippen molar-refractivity contribution in [2.45, 2.75) is 25.9 Å². The number of aliphatic imine (C=N–C) groups is 1. The lowest BCUT2D eigenvalue weighted by Crippen LogP contribution is -2.47. The first-order valence-electron chi connectivity index (χ1n) is 9.65. The molecule has 0 aromatic heterocycles. The number of para-hydroxylation sites is 1. The Labute approximate surface area is 181 Å². The Hall–Kier alpha value is -1.06. The average Bonchev–Trinajstić information content (AvgIpc) is 2.67. The van der Waals surface area contributed by atoms with E-state index >= 15 is 0 Å². The Morgan fingerprint density at radius 2 is 1.93 bits per heavy atom. The number of hydrogen-bond acceptors (Lipinski definition) is 4. The average molecular weight is 490 g/mol. The van der Waals surface area contributed by atoms with Crippen LogP contribution < -0.4 is 10.1 Å². The number of nitrogens with zero attached hydrogens (tertiary/aromatic N) is 3.